The van der Waals surface area contributed by atoms with Gasteiger partial charge in [0.05, 0.1) is 11.0 Å². The maximum Gasteiger partial charge on any atom is 0.164 e. The van der Waals surface area contributed by atoms with Gasteiger partial charge in [-0.15, -0.1) is 0 Å². The van der Waals surface area contributed by atoms with Gasteiger partial charge >= 0.3 is 0 Å². The molecular formula is C48H32N4O. The predicted octanol–water partition coefficient (Wildman–Crippen LogP) is 12.2. The molecule has 5 heteroatoms. The van der Waals surface area contributed by atoms with Crippen LogP contribution in [0.5, 0.6) is 0 Å². The minimum Gasteiger partial charge on any atom is -0.455 e. The Labute approximate surface area is 305 Å². The first kappa shape index (κ1) is 29.8. The molecule has 11 rings (SSSR count). The molecule has 0 bridgehead atoms. The highest BCUT2D eigenvalue weighted by Crippen LogP contribution is 2.54. The van der Waals surface area contributed by atoms with Gasteiger partial charge in [0, 0.05) is 54.9 Å². The van der Waals surface area contributed by atoms with Crippen LogP contribution < -0.4 is 0 Å². The highest BCUT2D eigenvalue weighted by molar-refractivity contribution is 6.15. The van der Waals surface area contributed by atoms with Crippen LogP contribution in [0.2, 0.25) is 0 Å². The van der Waals surface area contributed by atoms with Gasteiger partial charge in [0.1, 0.15) is 11.2 Å². The third kappa shape index (κ3) is 4.40. The second kappa shape index (κ2) is 11.1. The van der Waals surface area contributed by atoms with E-state index in [4.69, 9.17) is 19.4 Å². The van der Waals surface area contributed by atoms with E-state index in [1.165, 1.54) is 33.0 Å². The smallest absolute Gasteiger partial charge is 0.164 e. The Morgan fingerprint density at radius 1 is 0.472 bits per heavy atom. The second-order valence-corrected chi connectivity index (χ2v) is 14.4. The predicted molar refractivity (Wildman–Crippen MR) is 215 cm³/mol. The Hall–Kier alpha value is -6.85. The van der Waals surface area contributed by atoms with Crippen LogP contribution in [0.4, 0.5) is 0 Å². The van der Waals surface area contributed by atoms with Crippen LogP contribution in [0.3, 0.4) is 0 Å². The zero-order valence-corrected chi connectivity index (χ0v) is 29.2. The van der Waals surface area contributed by atoms with Crippen molar-refractivity contribution in [1.29, 1.82) is 0 Å². The quantitative estimate of drug-likeness (QED) is 0.186. The Morgan fingerprint density at radius 3 is 1.74 bits per heavy atom. The Bertz CT molecular complexity index is 3010. The molecule has 0 unspecified atom stereocenters. The molecule has 1 aliphatic carbocycles. The highest BCUT2D eigenvalue weighted by atomic mass is 16.3. The van der Waals surface area contributed by atoms with E-state index in [1.54, 1.807) is 0 Å². The lowest BCUT2D eigenvalue weighted by atomic mass is 9.82. The first-order valence-electron chi connectivity index (χ1n) is 18.0. The van der Waals surface area contributed by atoms with E-state index >= 15 is 0 Å². The number of nitrogens with zero attached hydrogens (tertiary/aromatic N) is 4. The van der Waals surface area contributed by atoms with Crippen molar-refractivity contribution in [3.63, 3.8) is 0 Å². The summed E-state index contributed by atoms with van der Waals surface area (Å²) in [6.07, 6.45) is 0. The molecule has 250 valence electrons. The molecule has 10 aromatic rings. The summed E-state index contributed by atoms with van der Waals surface area (Å²) in [6.45, 7) is 4.67. The lowest BCUT2D eigenvalue weighted by molar-refractivity contribution is 0.653. The monoisotopic (exact) mass is 680 g/mol. The Balaban J connectivity index is 1.10. The summed E-state index contributed by atoms with van der Waals surface area (Å²) in [5.74, 6) is 1.94. The normalized spacial score (nSPS) is 13.2. The molecule has 7 aromatic carbocycles. The van der Waals surface area contributed by atoms with Crippen molar-refractivity contribution in [3.8, 4) is 51.0 Å². The molecule has 0 fully saturated rings. The standard InChI is InChI=1S/C48H32N4O/c1-48(2)38-26-25-35-34-18-10-12-20-42(34)53-44(35)43(38)37-28-41-36(27-39(37)48)33-17-9-11-19-40(33)52(41)32-23-21-31(22-24-32)47-50-45(29-13-5-3-6-14-29)49-46(51-47)30-15-7-4-8-16-30/h3-28H,1-2H3. The molecule has 0 radical (unpaired) electrons. The van der Waals surface area contributed by atoms with E-state index in [2.05, 4.69) is 109 Å². The molecule has 3 heterocycles. The number of para-hydroxylation sites is 2. The summed E-state index contributed by atoms with van der Waals surface area (Å²) < 4.78 is 9.02. The minimum absolute atomic E-state index is 0.182. The van der Waals surface area contributed by atoms with Crippen molar-refractivity contribution in [2.45, 2.75) is 19.3 Å². The van der Waals surface area contributed by atoms with E-state index in [9.17, 15) is 0 Å². The first-order valence-corrected chi connectivity index (χ1v) is 18.0. The fourth-order valence-electron chi connectivity index (χ4n) is 8.44. The highest BCUT2D eigenvalue weighted by Gasteiger charge is 2.38. The Morgan fingerprint density at radius 2 is 1.06 bits per heavy atom. The SMILES string of the molecule is CC1(C)c2cc3c4ccccc4n(-c4ccc(-c5nc(-c6ccccc6)nc(-c6ccccc6)n5)cc4)c3cc2-c2c1ccc1c2oc2ccccc21. The lowest BCUT2D eigenvalue weighted by Gasteiger charge is -2.21. The van der Waals surface area contributed by atoms with Crippen molar-refractivity contribution >= 4 is 43.7 Å². The molecule has 3 aromatic heterocycles. The summed E-state index contributed by atoms with van der Waals surface area (Å²) >= 11 is 0. The number of aromatic nitrogens is 4. The van der Waals surface area contributed by atoms with Crippen molar-refractivity contribution < 1.29 is 4.42 Å². The number of furan rings is 1. The first-order chi connectivity index (χ1) is 26.0. The third-order valence-electron chi connectivity index (χ3n) is 11.1. The van der Waals surface area contributed by atoms with Gasteiger partial charge in [0.2, 0.25) is 0 Å². The molecular weight excluding hydrogens is 649 g/mol. The number of hydrogen-bond donors (Lipinski definition) is 0. The molecule has 0 saturated heterocycles. The average molecular weight is 681 g/mol. The summed E-state index contributed by atoms with van der Waals surface area (Å²) in [7, 11) is 0. The van der Waals surface area contributed by atoms with E-state index in [1.807, 2.05) is 66.7 Å². The second-order valence-electron chi connectivity index (χ2n) is 14.4. The summed E-state index contributed by atoms with van der Waals surface area (Å²) in [4.78, 5) is 14.8. The summed E-state index contributed by atoms with van der Waals surface area (Å²) in [5.41, 5.74) is 13.0. The Kier molecular flexibility index (Phi) is 6.23. The van der Waals surface area contributed by atoms with Gasteiger partial charge in [-0.25, -0.2) is 15.0 Å². The van der Waals surface area contributed by atoms with E-state index in [-0.39, 0.29) is 5.41 Å². The molecule has 0 amide bonds. The van der Waals surface area contributed by atoms with E-state index in [0.29, 0.717) is 17.5 Å². The minimum atomic E-state index is -0.182. The van der Waals surface area contributed by atoms with Crippen LogP contribution in [0, 0.1) is 0 Å². The molecule has 5 nitrogen and oxygen atoms in total. The van der Waals surface area contributed by atoms with Crippen LogP contribution in [-0.4, -0.2) is 19.5 Å². The lowest BCUT2D eigenvalue weighted by Crippen LogP contribution is -2.14. The number of hydrogen-bond acceptors (Lipinski definition) is 4. The van der Waals surface area contributed by atoms with Crippen LogP contribution in [0.25, 0.3) is 94.7 Å². The largest absolute Gasteiger partial charge is 0.455 e. The van der Waals surface area contributed by atoms with Crippen molar-refractivity contribution in [1.82, 2.24) is 19.5 Å². The fourth-order valence-corrected chi connectivity index (χ4v) is 8.44. The van der Waals surface area contributed by atoms with Crippen LogP contribution >= 0.6 is 0 Å². The number of benzene rings is 7. The molecule has 0 aliphatic heterocycles. The van der Waals surface area contributed by atoms with Gasteiger partial charge in [-0.2, -0.15) is 0 Å². The zero-order chi connectivity index (χ0) is 35.3. The molecule has 0 N–H and O–H groups in total. The average Bonchev–Trinajstić information content (AvgIpc) is 3.83. The van der Waals surface area contributed by atoms with Crippen LogP contribution in [0.1, 0.15) is 25.0 Å². The van der Waals surface area contributed by atoms with Gasteiger partial charge in [0.25, 0.3) is 0 Å². The zero-order valence-electron chi connectivity index (χ0n) is 29.2. The van der Waals surface area contributed by atoms with Gasteiger partial charge in [-0.3, -0.25) is 0 Å². The van der Waals surface area contributed by atoms with Crippen LogP contribution in [0.15, 0.2) is 162 Å². The maximum absolute atomic E-state index is 6.64. The molecule has 0 spiro atoms. The summed E-state index contributed by atoms with van der Waals surface area (Å²) in [5, 5.41) is 4.77. The van der Waals surface area contributed by atoms with Crippen molar-refractivity contribution in [3.05, 3.63) is 169 Å². The number of fused-ring (bicyclic) bond motifs is 10. The van der Waals surface area contributed by atoms with Gasteiger partial charge in [-0.05, 0) is 65.2 Å². The van der Waals surface area contributed by atoms with Gasteiger partial charge in [0.15, 0.2) is 17.5 Å². The molecule has 1 aliphatic rings. The fraction of sp³-hybridized carbons (Fsp3) is 0.0625. The van der Waals surface area contributed by atoms with E-state index in [0.717, 1.165) is 55.3 Å². The molecule has 0 saturated carbocycles. The van der Waals surface area contributed by atoms with Gasteiger partial charge in [-0.1, -0.05) is 123 Å². The molecule has 0 atom stereocenters. The number of rotatable bonds is 4. The van der Waals surface area contributed by atoms with Gasteiger partial charge < -0.3 is 8.98 Å². The van der Waals surface area contributed by atoms with Crippen molar-refractivity contribution in [2.75, 3.05) is 0 Å². The summed E-state index contributed by atoms with van der Waals surface area (Å²) in [6, 6.07) is 55.2. The van der Waals surface area contributed by atoms with E-state index < -0.39 is 0 Å². The maximum atomic E-state index is 6.64. The molecule has 53 heavy (non-hydrogen) atoms. The third-order valence-corrected chi connectivity index (χ3v) is 11.1. The van der Waals surface area contributed by atoms with Crippen LogP contribution in [-0.2, 0) is 5.41 Å². The van der Waals surface area contributed by atoms with Crippen molar-refractivity contribution in [2.24, 2.45) is 0 Å². The topological polar surface area (TPSA) is 56.7 Å².